The van der Waals surface area contributed by atoms with Gasteiger partial charge in [0.25, 0.3) is 5.91 Å². The molecule has 3 rings (SSSR count). The van der Waals surface area contributed by atoms with E-state index in [1.165, 1.54) is 16.9 Å². The molecule has 1 aliphatic heterocycles. The molecule has 1 aromatic rings. The molecule has 5 heteroatoms. The second-order valence-corrected chi connectivity index (χ2v) is 6.73. The zero-order valence-corrected chi connectivity index (χ0v) is 12.9. The molecule has 0 aromatic carbocycles. The third kappa shape index (κ3) is 2.81. The quantitative estimate of drug-likeness (QED) is 0.866. The number of nitrogens with two attached hydrogens (primary N) is 1. The first-order valence-corrected chi connectivity index (χ1v) is 7.63. The fourth-order valence-electron chi connectivity index (χ4n) is 2.94. The topological polar surface area (TPSA) is 46.3 Å². The summed E-state index contributed by atoms with van der Waals surface area (Å²) in [6, 6.07) is 2.37. The van der Waals surface area contributed by atoms with E-state index >= 15 is 0 Å². The van der Waals surface area contributed by atoms with Crippen LogP contribution < -0.4 is 5.73 Å². The largest absolute Gasteiger partial charge is 0.338 e. The Morgan fingerprint density at radius 1 is 1.47 bits per heavy atom. The van der Waals surface area contributed by atoms with Gasteiger partial charge in [0.15, 0.2) is 0 Å². The average molecular weight is 301 g/mol. The molecule has 1 amide bonds. The molecule has 2 aliphatic rings. The molecule has 2 N–H and O–H groups in total. The number of rotatable bonds is 1. The maximum atomic E-state index is 12.5. The molecule has 0 radical (unpaired) electrons. The summed E-state index contributed by atoms with van der Waals surface area (Å²) in [5, 5.41) is 0. The number of amides is 1. The molecule has 1 aromatic heterocycles. The van der Waals surface area contributed by atoms with Crippen molar-refractivity contribution in [3.8, 4) is 0 Å². The Hall–Kier alpha value is -0.580. The lowest BCUT2D eigenvalue weighted by Gasteiger charge is -2.34. The first-order valence-electron chi connectivity index (χ1n) is 6.81. The van der Waals surface area contributed by atoms with Crippen LogP contribution in [0.25, 0.3) is 0 Å². The Kier molecular flexibility index (Phi) is 4.54. The summed E-state index contributed by atoms with van der Waals surface area (Å²) in [5.41, 5.74) is 7.41. The second-order valence-electron chi connectivity index (χ2n) is 5.59. The molecular weight excluding hydrogens is 280 g/mol. The smallest absolute Gasteiger partial charge is 0.263 e. The molecule has 2 unspecified atom stereocenters. The Balaban J connectivity index is 0.00000133. The molecule has 3 nitrogen and oxygen atoms in total. The molecule has 1 saturated heterocycles. The molecule has 2 atom stereocenters. The van der Waals surface area contributed by atoms with Crippen molar-refractivity contribution in [1.82, 2.24) is 4.90 Å². The van der Waals surface area contributed by atoms with Crippen LogP contribution in [0.1, 0.15) is 39.9 Å². The number of nitrogens with zero attached hydrogens (tertiary/aromatic N) is 1. The number of fused-ring (bicyclic) bond motifs is 1. The minimum Gasteiger partial charge on any atom is -0.338 e. The van der Waals surface area contributed by atoms with Gasteiger partial charge < -0.3 is 10.6 Å². The van der Waals surface area contributed by atoms with Crippen molar-refractivity contribution < 1.29 is 4.79 Å². The molecule has 0 saturated carbocycles. The van der Waals surface area contributed by atoms with Crippen LogP contribution in [0.5, 0.6) is 0 Å². The Labute approximate surface area is 124 Å². The Morgan fingerprint density at radius 3 is 2.95 bits per heavy atom. The van der Waals surface area contributed by atoms with Gasteiger partial charge in [-0.25, -0.2) is 0 Å². The average Bonchev–Trinajstić information content (AvgIpc) is 2.92. The van der Waals surface area contributed by atoms with Crippen LogP contribution in [0.15, 0.2) is 6.07 Å². The first kappa shape index (κ1) is 14.8. The van der Waals surface area contributed by atoms with Gasteiger partial charge in [-0.15, -0.1) is 23.7 Å². The highest BCUT2D eigenvalue weighted by Gasteiger charge is 2.28. The van der Waals surface area contributed by atoms with E-state index < -0.39 is 0 Å². The van der Waals surface area contributed by atoms with Crippen molar-refractivity contribution in [2.75, 3.05) is 13.1 Å². The number of thiophene rings is 1. The maximum absolute atomic E-state index is 12.5. The predicted molar refractivity (Wildman–Crippen MR) is 81.3 cm³/mol. The third-order valence-corrected chi connectivity index (χ3v) is 5.44. The number of likely N-dealkylation sites (tertiary alicyclic amines) is 1. The zero-order valence-electron chi connectivity index (χ0n) is 11.2. The first-order chi connectivity index (χ1) is 8.65. The number of hydrogen-bond acceptors (Lipinski definition) is 3. The Bertz CT molecular complexity index is 453. The number of carbonyl (C=O) groups is 1. The van der Waals surface area contributed by atoms with Crippen LogP contribution in [0.2, 0.25) is 0 Å². The summed E-state index contributed by atoms with van der Waals surface area (Å²) in [4.78, 5) is 16.8. The van der Waals surface area contributed by atoms with Crippen LogP contribution in [0, 0.1) is 5.92 Å². The highest BCUT2D eigenvalue weighted by atomic mass is 35.5. The van der Waals surface area contributed by atoms with E-state index in [1.54, 1.807) is 11.3 Å². The lowest BCUT2D eigenvalue weighted by molar-refractivity contribution is 0.0669. The van der Waals surface area contributed by atoms with Crippen molar-refractivity contribution in [2.24, 2.45) is 11.7 Å². The molecule has 1 aliphatic carbocycles. The van der Waals surface area contributed by atoms with Crippen LogP contribution >= 0.6 is 23.7 Å². The van der Waals surface area contributed by atoms with Gasteiger partial charge in [0.05, 0.1) is 4.88 Å². The van der Waals surface area contributed by atoms with E-state index in [4.69, 9.17) is 5.73 Å². The highest BCUT2D eigenvalue weighted by Crippen LogP contribution is 2.31. The molecular formula is C14H21ClN2OS. The summed E-state index contributed by atoms with van der Waals surface area (Å²) in [6.07, 6.45) is 4.50. The van der Waals surface area contributed by atoms with Crippen LogP contribution in [0.3, 0.4) is 0 Å². The second kappa shape index (κ2) is 5.81. The van der Waals surface area contributed by atoms with Gasteiger partial charge >= 0.3 is 0 Å². The van der Waals surface area contributed by atoms with Crippen molar-refractivity contribution in [2.45, 2.75) is 38.6 Å². The zero-order chi connectivity index (χ0) is 12.7. The summed E-state index contributed by atoms with van der Waals surface area (Å²) in [5.74, 6) is 0.627. The van der Waals surface area contributed by atoms with Crippen molar-refractivity contribution in [3.05, 3.63) is 21.4 Å². The number of hydrogen-bond donors (Lipinski definition) is 1. The van der Waals surface area contributed by atoms with E-state index in [9.17, 15) is 4.79 Å². The van der Waals surface area contributed by atoms with E-state index in [0.29, 0.717) is 5.92 Å². The van der Waals surface area contributed by atoms with E-state index in [2.05, 4.69) is 13.0 Å². The minimum atomic E-state index is 0. The lowest BCUT2D eigenvalue weighted by atomic mass is 9.95. The third-order valence-electron chi connectivity index (χ3n) is 4.22. The number of aryl methyl sites for hydroxylation is 2. The molecule has 1 fully saturated rings. The predicted octanol–water partition coefficient (Wildman–Crippen LogP) is 2.47. The summed E-state index contributed by atoms with van der Waals surface area (Å²) in [7, 11) is 0. The molecule has 19 heavy (non-hydrogen) atoms. The summed E-state index contributed by atoms with van der Waals surface area (Å²) in [6.45, 7) is 3.76. The standard InChI is InChI=1S/C14H20N2OS.ClH/c1-9-8-16(6-5-11(9)15)14(17)13-7-10-3-2-4-12(10)18-13;/h7,9,11H,2-6,8,15H2,1H3;1H. The number of piperidine rings is 1. The van der Waals surface area contributed by atoms with E-state index in [0.717, 1.165) is 37.2 Å². The fraction of sp³-hybridized carbons (Fsp3) is 0.643. The summed E-state index contributed by atoms with van der Waals surface area (Å²) >= 11 is 1.70. The van der Waals surface area contributed by atoms with Crippen LogP contribution in [-0.2, 0) is 12.8 Å². The maximum Gasteiger partial charge on any atom is 0.263 e. The SMILES string of the molecule is CC1CN(C(=O)c2cc3c(s2)CCC3)CCC1N.Cl. The van der Waals surface area contributed by atoms with Gasteiger partial charge in [-0.1, -0.05) is 6.92 Å². The minimum absolute atomic E-state index is 0. The van der Waals surface area contributed by atoms with Gasteiger partial charge in [0.1, 0.15) is 0 Å². The van der Waals surface area contributed by atoms with Gasteiger partial charge in [-0.2, -0.15) is 0 Å². The molecule has 0 bridgehead atoms. The van der Waals surface area contributed by atoms with E-state index in [-0.39, 0.29) is 24.4 Å². The fourth-order valence-corrected chi connectivity index (χ4v) is 4.16. The van der Waals surface area contributed by atoms with Gasteiger partial charge in [0, 0.05) is 24.0 Å². The molecule has 2 heterocycles. The van der Waals surface area contributed by atoms with Crippen molar-refractivity contribution in [3.63, 3.8) is 0 Å². The van der Waals surface area contributed by atoms with Gasteiger partial charge in [-0.3, -0.25) is 4.79 Å². The van der Waals surface area contributed by atoms with Crippen molar-refractivity contribution >= 4 is 29.7 Å². The van der Waals surface area contributed by atoms with Gasteiger partial charge in [0.2, 0.25) is 0 Å². The lowest BCUT2D eigenvalue weighted by Crippen LogP contribution is -2.48. The van der Waals surface area contributed by atoms with Gasteiger partial charge in [-0.05, 0) is 43.2 Å². The van der Waals surface area contributed by atoms with Crippen LogP contribution in [0.4, 0.5) is 0 Å². The Morgan fingerprint density at radius 2 is 2.26 bits per heavy atom. The highest BCUT2D eigenvalue weighted by molar-refractivity contribution is 7.14. The van der Waals surface area contributed by atoms with E-state index in [1.807, 2.05) is 4.90 Å². The number of halogens is 1. The van der Waals surface area contributed by atoms with Crippen LogP contribution in [-0.4, -0.2) is 29.9 Å². The van der Waals surface area contributed by atoms with Crippen molar-refractivity contribution in [1.29, 1.82) is 0 Å². The number of carbonyl (C=O) groups excluding carboxylic acids is 1. The normalized spacial score (nSPS) is 25.9. The molecule has 0 spiro atoms. The summed E-state index contributed by atoms with van der Waals surface area (Å²) < 4.78 is 0. The molecule has 106 valence electrons. The monoisotopic (exact) mass is 300 g/mol.